The molecule has 0 spiro atoms. The number of amides is 2. The summed E-state index contributed by atoms with van der Waals surface area (Å²) in [5.41, 5.74) is 0.913. The van der Waals surface area contributed by atoms with Gasteiger partial charge in [0.25, 0.3) is 11.8 Å². The average Bonchev–Trinajstić information content (AvgIpc) is 3.23. The van der Waals surface area contributed by atoms with Crippen molar-refractivity contribution in [2.45, 2.75) is 63.3 Å². The second kappa shape index (κ2) is 6.24. The predicted molar refractivity (Wildman–Crippen MR) is 102 cm³/mol. The molecule has 7 heteroatoms. The van der Waals surface area contributed by atoms with Crippen LogP contribution >= 0.6 is 0 Å². The lowest BCUT2D eigenvalue weighted by molar-refractivity contribution is 0.0184. The van der Waals surface area contributed by atoms with E-state index in [1.165, 1.54) is 4.90 Å². The third-order valence-electron chi connectivity index (χ3n) is 6.39. The number of hydrogen-bond donors (Lipinski definition) is 0. The zero-order chi connectivity index (χ0) is 19.6. The van der Waals surface area contributed by atoms with Gasteiger partial charge < -0.3 is 13.9 Å². The molecule has 2 saturated heterocycles. The van der Waals surface area contributed by atoms with Gasteiger partial charge in [0.15, 0.2) is 8.32 Å². The molecule has 27 heavy (non-hydrogen) atoms. The number of nitrogens with zero attached hydrogens (tertiary/aromatic N) is 1. The first-order valence-electron chi connectivity index (χ1n) is 9.50. The van der Waals surface area contributed by atoms with E-state index in [0.29, 0.717) is 17.7 Å². The van der Waals surface area contributed by atoms with Gasteiger partial charge in [0, 0.05) is 0 Å². The first kappa shape index (κ1) is 18.8. The first-order valence-corrected chi connectivity index (χ1v) is 12.4. The van der Waals surface area contributed by atoms with Gasteiger partial charge in [-0.05, 0) is 30.3 Å². The van der Waals surface area contributed by atoms with Crippen molar-refractivity contribution in [3.05, 3.63) is 35.4 Å². The molecule has 2 amide bonds. The lowest BCUT2D eigenvalue weighted by Gasteiger charge is -2.39. The third-order valence-corrected chi connectivity index (χ3v) is 10.9. The van der Waals surface area contributed by atoms with Crippen LogP contribution in [0.3, 0.4) is 0 Å². The van der Waals surface area contributed by atoms with Crippen LogP contribution in [-0.4, -0.2) is 62.6 Å². The Morgan fingerprint density at radius 3 is 2.11 bits per heavy atom. The normalized spacial score (nSPS) is 30.8. The monoisotopic (exact) mass is 389 g/mol. The number of hydrogen-bond acceptors (Lipinski definition) is 5. The average molecular weight is 390 g/mol. The topological polar surface area (TPSA) is 65.1 Å². The molecule has 4 atom stereocenters. The van der Waals surface area contributed by atoms with E-state index in [4.69, 9.17) is 13.9 Å². The first-order chi connectivity index (χ1) is 12.6. The van der Waals surface area contributed by atoms with E-state index >= 15 is 0 Å². The van der Waals surface area contributed by atoms with Gasteiger partial charge in [-0.2, -0.15) is 0 Å². The SMILES string of the molecule is CC(C)(C)[Si](C)(C)O[C@@H]1CO[C@H]2[C@@H]1OC[C@@H]2N1C(=O)c2ccccc2C1=O. The molecule has 0 bridgehead atoms. The summed E-state index contributed by atoms with van der Waals surface area (Å²) >= 11 is 0. The van der Waals surface area contributed by atoms with E-state index in [2.05, 4.69) is 33.9 Å². The summed E-state index contributed by atoms with van der Waals surface area (Å²) in [6, 6.07) is 6.53. The van der Waals surface area contributed by atoms with Crippen LogP contribution in [0.4, 0.5) is 0 Å². The molecule has 3 aliphatic heterocycles. The number of ether oxygens (including phenoxy) is 2. The largest absolute Gasteiger partial charge is 0.409 e. The summed E-state index contributed by atoms with van der Waals surface area (Å²) < 4.78 is 18.5. The summed E-state index contributed by atoms with van der Waals surface area (Å²) in [6.45, 7) is 11.7. The van der Waals surface area contributed by atoms with Gasteiger partial charge in [-0.15, -0.1) is 0 Å². The Hall–Kier alpha value is -1.54. The fourth-order valence-corrected chi connectivity index (χ4v) is 5.14. The van der Waals surface area contributed by atoms with Gasteiger partial charge in [0.1, 0.15) is 12.2 Å². The maximum atomic E-state index is 12.8. The number of carbonyl (C=O) groups is 2. The van der Waals surface area contributed by atoms with Crippen LogP contribution in [0.5, 0.6) is 0 Å². The maximum Gasteiger partial charge on any atom is 0.261 e. The van der Waals surface area contributed by atoms with Crippen LogP contribution < -0.4 is 0 Å². The molecule has 0 saturated carbocycles. The molecule has 2 fully saturated rings. The minimum Gasteiger partial charge on any atom is -0.409 e. The van der Waals surface area contributed by atoms with Crippen LogP contribution in [0.15, 0.2) is 24.3 Å². The Bertz CT molecular complexity index is 752. The Morgan fingerprint density at radius 1 is 1.00 bits per heavy atom. The zero-order valence-electron chi connectivity index (χ0n) is 16.5. The summed E-state index contributed by atoms with van der Waals surface area (Å²) in [7, 11) is -1.97. The van der Waals surface area contributed by atoms with Crippen molar-refractivity contribution < 1.29 is 23.5 Å². The van der Waals surface area contributed by atoms with Crippen LogP contribution in [0.2, 0.25) is 18.1 Å². The third kappa shape index (κ3) is 2.88. The summed E-state index contributed by atoms with van der Waals surface area (Å²) in [5.74, 6) is -0.524. The maximum absolute atomic E-state index is 12.8. The van der Waals surface area contributed by atoms with Gasteiger partial charge in [-0.3, -0.25) is 14.5 Å². The molecule has 146 valence electrons. The second-order valence-corrected chi connectivity index (χ2v) is 13.9. The second-order valence-electron chi connectivity index (χ2n) is 9.11. The van der Waals surface area contributed by atoms with Crippen LogP contribution in [0.25, 0.3) is 0 Å². The Morgan fingerprint density at radius 2 is 1.56 bits per heavy atom. The predicted octanol–water partition coefficient (Wildman–Crippen LogP) is 2.84. The van der Waals surface area contributed by atoms with Crippen molar-refractivity contribution in [1.82, 2.24) is 4.90 Å². The lowest BCUT2D eigenvalue weighted by atomic mass is 10.1. The van der Waals surface area contributed by atoms with Crippen molar-refractivity contribution in [1.29, 1.82) is 0 Å². The van der Waals surface area contributed by atoms with E-state index in [0.717, 1.165) is 0 Å². The van der Waals surface area contributed by atoms with Gasteiger partial charge in [0.05, 0.1) is 36.5 Å². The molecule has 1 aromatic carbocycles. The smallest absolute Gasteiger partial charge is 0.261 e. The number of fused-ring (bicyclic) bond motifs is 2. The quantitative estimate of drug-likeness (QED) is 0.587. The van der Waals surface area contributed by atoms with E-state index in [9.17, 15) is 9.59 Å². The molecule has 0 N–H and O–H groups in total. The van der Waals surface area contributed by atoms with Crippen LogP contribution in [-0.2, 0) is 13.9 Å². The van der Waals surface area contributed by atoms with E-state index in [1.54, 1.807) is 24.3 Å². The zero-order valence-corrected chi connectivity index (χ0v) is 17.5. The van der Waals surface area contributed by atoms with Crippen molar-refractivity contribution in [2.24, 2.45) is 0 Å². The van der Waals surface area contributed by atoms with Crippen LogP contribution in [0.1, 0.15) is 41.5 Å². The van der Waals surface area contributed by atoms with E-state index in [1.807, 2.05) is 0 Å². The Balaban J connectivity index is 1.52. The molecule has 0 unspecified atom stereocenters. The molecule has 0 radical (unpaired) electrons. The Labute approximate surface area is 160 Å². The number of imide groups is 1. The molecular weight excluding hydrogens is 362 g/mol. The molecule has 1 aromatic rings. The molecule has 4 rings (SSSR count). The molecule has 3 heterocycles. The summed E-state index contributed by atoms with van der Waals surface area (Å²) in [6.07, 6.45) is -0.730. The Kier molecular flexibility index (Phi) is 4.34. The standard InChI is InChI=1S/C20H27NO5Si/c1-20(2,3)27(4,5)26-15-11-25-16-14(10-24-17(15)16)21-18(22)12-8-6-7-9-13(12)19(21)23/h6-9,14-17H,10-11H2,1-5H3/t14-,15+,16+,17+/m0/s1. The van der Waals surface area contributed by atoms with Gasteiger partial charge in [-0.1, -0.05) is 32.9 Å². The summed E-state index contributed by atoms with van der Waals surface area (Å²) in [5, 5.41) is 0.0889. The number of carbonyl (C=O) groups excluding carboxylic acids is 2. The van der Waals surface area contributed by atoms with Crippen molar-refractivity contribution in [3.63, 3.8) is 0 Å². The van der Waals surface area contributed by atoms with Crippen LogP contribution in [0, 0.1) is 0 Å². The highest BCUT2D eigenvalue weighted by Crippen LogP contribution is 2.41. The lowest BCUT2D eigenvalue weighted by Crippen LogP contribution is -2.49. The van der Waals surface area contributed by atoms with E-state index < -0.39 is 14.4 Å². The minimum atomic E-state index is -1.97. The molecule has 3 aliphatic rings. The van der Waals surface area contributed by atoms with E-state index in [-0.39, 0.29) is 41.8 Å². The molecule has 0 aliphatic carbocycles. The van der Waals surface area contributed by atoms with Crippen molar-refractivity contribution in [2.75, 3.05) is 13.2 Å². The molecule has 0 aromatic heterocycles. The fraction of sp³-hybridized carbons (Fsp3) is 0.600. The minimum absolute atomic E-state index is 0.0889. The van der Waals surface area contributed by atoms with Gasteiger partial charge in [-0.25, -0.2) is 0 Å². The molecular formula is C20H27NO5Si. The van der Waals surface area contributed by atoms with Gasteiger partial charge >= 0.3 is 0 Å². The van der Waals surface area contributed by atoms with Crippen molar-refractivity contribution >= 4 is 20.1 Å². The number of rotatable bonds is 3. The number of benzene rings is 1. The van der Waals surface area contributed by atoms with Gasteiger partial charge in [0.2, 0.25) is 0 Å². The highest BCUT2D eigenvalue weighted by Gasteiger charge is 2.55. The fourth-order valence-electron chi connectivity index (χ4n) is 3.83. The molecule has 6 nitrogen and oxygen atoms in total. The highest BCUT2D eigenvalue weighted by molar-refractivity contribution is 6.74. The summed E-state index contributed by atoms with van der Waals surface area (Å²) in [4.78, 5) is 26.9. The highest BCUT2D eigenvalue weighted by atomic mass is 28.4. The van der Waals surface area contributed by atoms with Crippen molar-refractivity contribution in [3.8, 4) is 0 Å².